The summed E-state index contributed by atoms with van der Waals surface area (Å²) in [5.74, 6) is 3.36. The monoisotopic (exact) mass is 439 g/mol. The number of hydrogen-bond donors (Lipinski definition) is 1. The summed E-state index contributed by atoms with van der Waals surface area (Å²) >= 11 is 0. The molecule has 9 atom stereocenters. The number of ether oxygens (including phenoxy) is 1. The zero-order chi connectivity index (χ0) is 22.4. The fourth-order valence-corrected chi connectivity index (χ4v) is 9.34. The van der Waals surface area contributed by atoms with Gasteiger partial charge >= 0.3 is 0 Å². The molecule has 0 amide bonds. The van der Waals surface area contributed by atoms with E-state index in [0.717, 1.165) is 51.0 Å². The highest BCUT2D eigenvalue weighted by molar-refractivity contribution is 5.91. The van der Waals surface area contributed by atoms with E-state index in [1.165, 1.54) is 24.8 Å². The van der Waals surface area contributed by atoms with Crippen LogP contribution in [0, 0.1) is 35.0 Å². The van der Waals surface area contributed by atoms with Gasteiger partial charge in [0.15, 0.2) is 5.78 Å². The highest BCUT2D eigenvalue weighted by Gasteiger charge is 2.59. The number of ketones is 1. The Hall–Kier alpha value is -0.970. The summed E-state index contributed by atoms with van der Waals surface area (Å²) in [4.78, 5) is 12.1. The van der Waals surface area contributed by atoms with Crippen LogP contribution >= 0.6 is 0 Å². The van der Waals surface area contributed by atoms with Crippen molar-refractivity contribution in [2.75, 3.05) is 6.54 Å². The largest absolute Gasteiger partial charge is 0.369 e. The number of carbonyl (C=O) groups is 1. The van der Waals surface area contributed by atoms with Crippen LogP contribution in [0.4, 0.5) is 0 Å². The van der Waals surface area contributed by atoms with Crippen molar-refractivity contribution in [3.63, 3.8) is 0 Å². The molecule has 4 aliphatic carbocycles. The molecule has 2 heterocycles. The first-order valence-electron chi connectivity index (χ1n) is 13.3. The third-order valence-corrected chi connectivity index (χ3v) is 11.0. The highest BCUT2D eigenvalue weighted by Crippen LogP contribution is 2.64. The third kappa shape index (κ3) is 2.94. The normalized spacial score (nSPS) is 51.1. The maximum Gasteiger partial charge on any atom is 0.155 e. The van der Waals surface area contributed by atoms with Crippen molar-refractivity contribution in [1.82, 2.24) is 5.06 Å². The number of hydroxylamine groups is 2. The van der Waals surface area contributed by atoms with Crippen LogP contribution in [0.25, 0.3) is 0 Å². The minimum Gasteiger partial charge on any atom is -0.369 e. The van der Waals surface area contributed by atoms with E-state index >= 15 is 0 Å². The topological polar surface area (TPSA) is 49.8 Å². The number of piperidine rings is 1. The summed E-state index contributed by atoms with van der Waals surface area (Å²) in [5.41, 5.74) is 4.88. The van der Waals surface area contributed by atoms with Crippen molar-refractivity contribution in [3.8, 4) is 0 Å². The van der Waals surface area contributed by atoms with Gasteiger partial charge in [-0.1, -0.05) is 37.5 Å². The van der Waals surface area contributed by atoms with Gasteiger partial charge in [-0.3, -0.25) is 4.79 Å². The molecular formula is C28H41NO3. The first-order valence-corrected chi connectivity index (χ1v) is 13.3. The number of fused-ring (bicyclic) bond motifs is 6. The van der Waals surface area contributed by atoms with E-state index in [-0.39, 0.29) is 23.2 Å². The second kappa shape index (κ2) is 7.26. The van der Waals surface area contributed by atoms with E-state index in [0.29, 0.717) is 29.5 Å². The zero-order valence-electron chi connectivity index (χ0n) is 20.4. The lowest BCUT2D eigenvalue weighted by molar-refractivity contribution is -0.178. The molecule has 4 heteroatoms. The van der Waals surface area contributed by atoms with Crippen molar-refractivity contribution < 1.29 is 14.7 Å². The van der Waals surface area contributed by atoms with Gasteiger partial charge in [0.1, 0.15) is 0 Å². The van der Waals surface area contributed by atoms with E-state index < -0.39 is 0 Å². The summed E-state index contributed by atoms with van der Waals surface area (Å²) in [6.07, 6.45) is 12.0. The van der Waals surface area contributed by atoms with E-state index in [1.54, 1.807) is 16.2 Å². The van der Waals surface area contributed by atoms with Gasteiger partial charge in [-0.25, -0.2) is 0 Å². The first kappa shape index (κ1) is 21.6. The van der Waals surface area contributed by atoms with E-state index in [4.69, 9.17) is 4.74 Å². The van der Waals surface area contributed by atoms with Crippen molar-refractivity contribution in [1.29, 1.82) is 0 Å². The van der Waals surface area contributed by atoms with Gasteiger partial charge in [0, 0.05) is 18.9 Å². The molecule has 8 unspecified atom stereocenters. The maximum atomic E-state index is 12.1. The standard InChI is InChI=1S/C28H41NO3/c1-16-11-25-26(29(31)15-16)18(3)28(32-25)10-8-21-22-6-5-19-12-20(30)7-9-27(19,4)24(22)13-23(21)17(2)14-28/h12,16,18,21-22,24-26,31H,5-11,13-15H2,1-4H3/t16?,18-,21?,22?,24?,25?,26?,27?,28?/m1/s1. The average Bonchev–Trinajstić information content (AvgIpc) is 3.19. The molecule has 2 saturated heterocycles. The van der Waals surface area contributed by atoms with Crippen molar-refractivity contribution in [2.45, 2.75) is 103 Å². The van der Waals surface area contributed by atoms with Crippen molar-refractivity contribution in [2.24, 2.45) is 35.0 Å². The van der Waals surface area contributed by atoms with E-state index in [9.17, 15) is 10.0 Å². The molecule has 1 spiro atoms. The molecule has 0 radical (unpaired) electrons. The molecule has 0 aromatic carbocycles. The lowest BCUT2D eigenvalue weighted by Gasteiger charge is -2.48. The quantitative estimate of drug-likeness (QED) is 0.492. The minimum absolute atomic E-state index is 0.113. The fourth-order valence-electron chi connectivity index (χ4n) is 9.34. The molecule has 4 nitrogen and oxygen atoms in total. The maximum absolute atomic E-state index is 12.1. The van der Waals surface area contributed by atoms with Gasteiger partial charge in [-0.2, -0.15) is 5.06 Å². The molecule has 4 fully saturated rings. The molecule has 6 rings (SSSR count). The number of nitrogens with zero attached hydrogens (tertiary/aromatic N) is 1. The third-order valence-electron chi connectivity index (χ3n) is 11.0. The Morgan fingerprint density at radius 2 is 2.00 bits per heavy atom. The van der Waals surface area contributed by atoms with Crippen molar-refractivity contribution in [3.05, 3.63) is 22.8 Å². The Balaban J connectivity index is 1.30. The average molecular weight is 440 g/mol. The lowest BCUT2D eigenvalue weighted by Crippen LogP contribution is -2.50. The summed E-state index contributed by atoms with van der Waals surface area (Å²) in [7, 11) is 0. The van der Waals surface area contributed by atoms with E-state index in [2.05, 4.69) is 27.7 Å². The van der Waals surface area contributed by atoms with Gasteiger partial charge in [-0.05, 0) is 93.5 Å². The Kier molecular flexibility index (Phi) is 4.89. The molecule has 0 aromatic rings. The van der Waals surface area contributed by atoms with Gasteiger partial charge < -0.3 is 9.94 Å². The van der Waals surface area contributed by atoms with Crippen LogP contribution in [0.1, 0.15) is 85.5 Å². The SMILES string of the molecule is CC1=C2CC3C(CCC4=CC(=O)CCC43C)C2CCC2(C1)OC1CC(C)CN(O)C1[C@H]2C. The van der Waals surface area contributed by atoms with Crippen LogP contribution in [0.15, 0.2) is 22.8 Å². The Labute approximate surface area is 193 Å². The fraction of sp³-hybridized carbons (Fsp3) is 0.821. The summed E-state index contributed by atoms with van der Waals surface area (Å²) in [6, 6.07) is 0.149. The predicted octanol–water partition coefficient (Wildman–Crippen LogP) is 5.70. The molecule has 2 saturated carbocycles. The predicted molar refractivity (Wildman–Crippen MR) is 124 cm³/mol. The van der Waals surface area contributed by atoms with Gasteiger partial charge in [0.2, 0.25) is 0 Å². The van der Waals surface area contributed by atoms with Gasteiger partial charge in [0.05, 0.1) is 17.7 Å². The summed E-state index contributed by atoms with van der Waals surface area (Å²) in [5, 5.41) is 12.4. The lowest BCUT2D eigenvalue weighted by atomic mass is 9.56. The molecule has 6 aliphatic rings. The Bertz CT molecular complexity index is 891. The summed E-state index contributed by atoms with van der Waals surface area (Å²) < 4.78 is 6.93. The zero-order valence-corrected chi connectivity index (χ0v) is 20.4. The molecule has 0 bridgehead atoms. The molecule has 1 N–H and O–H groups in total. The van der Waals surface area contributed by atoms with Gasteiger partial charge in [0.25, 0.3) is 0 Å². The first-order chi connectivity index (χ1) is 15.2. The van der Waals surface area contributed by atoms with Crippen LogP contribution < -0.4 is 0 Å². The Morgan fingerprint density at radius 1 is 1.19 bits per heavy atom. The molecule has 2 aliphatic heterocycles. The smallest absolute Gasteiger partial charge is 0.155 e. The van der Waals surface area contributed by atoms with Crippen LogP contribution in [0.5, 0.6) is 0 Å². The Morgan fingerprint density at radius 3 is 2.81 bits per heavy atom. The molecule has 32 heavy (non-hydrogen) atoms. The van der Waals surface area contributed by atoms with E-state index in [1.807, 2.05) is 6.08 Å². The molecular weight excluding hydrogens is 398 g/mol. The number of allylic oxidation sites excluding steroid dienone is 3. The number of carbonyl (C=O) groups excluding carboxylic acids is 1. The van der Waals surface area contributed by atoms with Crippen LogP contribution in [0.3, 0.4) is 0 Å². The van der Waals surface area contributed by atoms with Crippen LogP contribution in [-0.2, 0) is 9.53 Å². The highest BCUT2D eigenvalue weighted by atomic mass is 16.5. The van der Waals surface area contributed by atoms with Crippen LogP contribution in [0.2, 0.25) is 0 Å². The second-order valence-electron chi connectivity index (χ2n) is 12.7. The number of hydrogen-bond acceptors (Lipinski definition) is 4. The molecule has 176 valence electrons. The minimum atomic E-state index is -0.113. The van der Waals surface area contributed by atoms with Crippen molar-refractivity contribution >= 4 is 5.78 Å². The second-order valence-corrected chi connectivity index (χ2v) is 12.7. The number of rotatable bonds is 0. The molecule has 0 aromatic heterocycles. The summed E-state index contributed by atoms with van der Waals surface area (Å²) in [6.45, 7) is 10.2. The van der Waals surface area contributed by atoms with Gasteiger partial charge in [-0.15, -0.1) is 0 Å². The van der Waals surface area contributed by atoms with Crippen LogP contribution in [-0.4, -0.2) is 40.3 Å².